The average molecular weight is 569 g/mol. The van der Waals surface area contributed by atoms with Crippen molar-refractivity contribution in [3.63, 3.8) is 0 Å². The van der Waals surface area contributed by atoms with Crippen LogP contribution in [0.5, 0.6) is 11.5 Å². The van der Waals surface area contributed by atoms with E-state index in [9.17, 15) is 18.0 Å². The Bertz CT molecular complexity index is 1630. The lowest BCUT2D eigenvalue weighted by Gasteiger charge is -2.21. The summed E-state index contributed by atoms with van der Waals surface area (Å²) in [5, 5.41) is 7.72. The van der Waals surface area contributed by atoms with Crippen LogP contribution in [0.3, 0.4) is 0 Å². The highest BCUT2D eigenvalue weighted by Gasteiger charge is 2.40. The summed E-state index contributed by atoms with van der Waals surface area (Å²) in [7, 11) is 1.32. The summed E-state index contributed by atoms with van der Waals surface area (Å²) in [5.41, 5.74) is 0.924. The van der Waals surface area contributed by atoms with E-state index < -0.39 is 23.7 Å². The van der Waals surface area contributed by atoms with Gasteiger partial charge < -0.3 is 18.6 Å². The monoisotopic (exact) mass is 568 g/mol. The Labute approximate surface area is 232 Å². The molecule has 0 bridgehead atoms. The standard InChI is InChI=1S/C30H24F4N2O5/c1-15-35-36-29(40-15)17-5-3-16(4-6-17)27-21-9-10-24(28(21)23(31)13-22(27)30(32,33)34)41-19-7-8-20-18(11-26(37)38-2)14-39-25(20)12-19/h3-8,12-13,18,24H,9-11,14H2,1-2H3/t18-,24-/m1/s1. The first-order valence-corrected chi connectivity index (χ1v) is 13.0. The van der Waals surface area contributed by atoms with Gasteiger partial charge in [0, 0.05) is 35.6 Å². The van der Waals surface area contributed by atoms with Gasteiger partial charge in [-0.1, -0.05) is 18.2 Å². The Morgan fingerprint density at radius 2 is 1.83 bits per heavy atom. The Morgan fingerprint density at radius 1 is 1.07 bits per heavy atom. The number of carbonyl (C=O) groups is 1. The van der Waals surface area contributed by atoms with E-state index in [1.54, 1.807) is 37.3 Å². The molecular formula is C30H24F4N2O5. The van der Waals surface area contributed by atoms with Crippen LogP contribution in [0, 0.1) is 12.7 Å². The third kappa shape index (κ3) is 5.00. The quantitative estimate of drug-likeness (QED) is 0.183. The third-order valence-corrected chi connectivity index (χ3v) is 7.44. The molecule has 0 saturated heterocycles. The molecule has 0 saturated carbocycles. The largest absolute Gasteiger partial charge is 0.492 e. The summed E-state index contributed by atoms with van der Waals surface area (Å²) >= 11 is 0. The second kappa shape index (κ2) is 10.2. The van der Waals surface area contributed by atoms with Gasteiger partial charge in [0.2, 0.25) is 11.8 Å². The number of rotatable bonds is 6. The molecule has 2 atom stereocenters. The third-order valence-electron chi connectivity index (χ3n) is 7.44. The van der Waals surface area contributed by atoms with Crippen molar-refractivity contribution in [1.29, 1.82) is 0 Å². The van der Waals surface area contributed by atoms with Crippen LogP contribution in [0.25, 0.3) is 22.6 Å². The van der Waals surface area contributed by atoms with Crippen LogP contribution in [0.1, 0.15) is 53.0 Å². The van der Waals surface area contributed by atoms with Crippen LogP contribution in [0.4, 0.5) is 17.6 Å². The lowest BCUT2D eigenvalue weighted by atomic mass is 9.90. The van der Waals surface area contributed by atoms with Crippen molar-refractivity contribution in [3.05, 3.63) is 82.5 Å². The molecule has 0 spiro atoms. The van der Waals surface area contributed by atoms with Gasteiger partial charge in [0.15, 0.2) is 0 Å². The number of nitrogens with zero attached hydrogens (tertiary/aromatic N) is 2. The van der Waals surface area contributed by atoms with Gasteiger partial charge >= 0.3 is 12.1 Å². The zero-order chi connectivity index (χ0) is 28.9. The zero-order valence-corrected chi connectivity index (χ0v) is 22.0. The van der Waals surface area contributed by atoms with Crippen LogP contribution >= 0.6 is 0 Å². The van der Waals surface area contributed by atoms with Crippen LogP contribution in [0.2, 0.25) is 0 Å². The molecule has 41 heavy (non-hydrogen) atoms. The Balaban J connectivity index is 1.33. The molecule has 1 aromatic heterocycles. The van der Waals surface area contributed by atoms with Gasteiger partial charge in [-0.25, -0.2) is 4.39 Å². The van der Waals surface area contributed by atoms with Crippen molar-refractivity contribution in [1.82, 2.24) is 10.2 Å². The SMILES string of the molecule is COC(=O)C[C@@H]1COc2cc(O[C@@H]3CCc4c(-c5ccc(-c6nnc(C)o6)cc5)c(C(F)(F)F)cc(F)c43)ccc21. The van der Waals surface area contributed by atoms with Crippen LogP contribution < -0.4 is 9.47 Å². The topological polar surface area (TPSA) is 83.7 Å². The highest BCUT2D eigenvalue weighted by atomic mass is 19.4. The van der Waals surface area contributed by atoms with E-state index in [0.29, 0.717) is 42.0 Å². The molecule has 0 amide bonds. The number of benzene rings is 3. The minimum absolute atomic E-state index is 0.0730. The summed E-state index contributed by atoms with van der Waals surface area (Å²) in [6, 6.07) is 11.9. The van der Waals surface area contributed by atoms with E-state index in [0.717, 1.165) is 5.56 Å². The van der Waals surface area contributed by atoms with Crippen molar-refractivity contribution < 1.29 is 41.0 Å². The van der Waals surface area contributed by atoms with Crippen LogP contribution in [-0.2, 0) is 22.1 Å². The van der Waals surface area contributed by atoms with Crippen molar-refractivity contribution in [2.75, 3.05) is 13.7 Å². The summed E-state index contributed by atoms with van der Waals surface area (Å²) in [6.45, 7) is 1.95. The molecule has 0 fully saturated rings. The number of ether oxygens (including phenoxy) is 3. The van der Waals surface area contributed by atoms with Gasteiger partial charge in [-0.05, 0) is 53.8 Å². The molecule has 6 rings (SSSR count). The number of carbonyl (C=O) groups excluding carboxylic acids is 1. The fraction of sp³-hybridized carbons (Fsp3) is 0.300. The molecule has 2 aliphatic rings. The highest BCUT2D eigenvalue weighted by molar-refractivity contribution is 5.76. The fourth-order valence-corrected chi connectivity index (χ4v) is 5.56. The summed E-state index contributed by atoms with van der Waals surface area (Å²) in [4.78, 5) is 11.7. The van der Waals surface area contributed by atoms with Gasteiger partial charge in [0.25, 0.3) is 0 Å². The molecule has 0 unspecified atom stereocenters. The molecular weight excluding hydrogens is 544 g/mol. The molecule has 1 aliphatic carbocycles. The average Bonchev–Trinajstić information content (AvgIpc) is 3.67. The van der Waals surface area contributed by atoms with Gasteiger partial charge in [-0.3, -0.25) is 4.79 Å². The van der Waals surface area contributed by atoms with Crippen molar-refractivity contribution in [3.8, 4) is 34.1 Å². The van der Waals surface area contributed by atoms with Crippen LogP contribution in [0.15, 0.2) is 52.9 Å². The second-order valence-electron chi connectivity index (χ2n) is 10.0. The number of alkyl halides is 3. The molecule has 0 N–H and O–H groups in total. The maximum Gasteiger partial charge on any atom is 0.417 e. The molecule has 3 aromatic carbocycles. The summed E-state index contributed by atoms with van der Waals surface area (Å²) in [6.07, 6.45) is -4.90. The van der Waals surface area contributed by atoms with E-state index in [2.05, 4.69) is 10.2 Å². The molecule has 2 heterocycles. The van der Waals surface area contributed by atoms with Gasteiger partial charge in [-0.15, -0.1) is 10.2 Å². The van der Waals surface area contributed by atoms with Crippen LogP contribution in [-0.4, -0.2) is 29.9 Å². The molecule has 212 valence electrons. The lowest BCUT2D eigenvalue weighted by Crippen LogP contribution is -2.12. The fourth-order valence-electron chi connectivity index (χ4n) is 5.56. The smallest absolute Gasteiger partial charge is 0.417 e. The second-order valence-corrected chi connectivity index (χ2v) is 10.0. The number of hydrogen-bond acceptors (Lipinski definition) is 7. The Kier molecular flexibility index (Phi) is 6.67. The van der Waals surface area contributed by atoms with Crippen molar-refractivity contribution in [2.45, 2.75) is 44.4 Å². The Morgan fingerprint density at radius 3 is 2.51 bits per heavy atom. The number of aromatic nitrogens is 2. The van der Waals surface area contributed by atoms with Gasteiger partial charge in [0.05, 0.1) is 25.7 Å². The van der Waals surface area contributed by atoms with Crippen molar-refractivity contribution >= 4 is 5.97 Å². The molecule has 0 radical (unpaired) electrons. The van der Waals surface area contributed by atoms with E-state index in [1.807, 2.05) is 0 Å². The molecule has 1 aliphatic heterocycles. The maximum atomic E-state index is 15.4. The van der Waals surface area contributed by atoms with E-state index in [1.165, 1.54) is 19.2 Å². The van der Waals surface area contributed by atoms with Gasteiger partial charge in [0.1, 0.15) is 23.4 Å². The van der Waals surface area contributed by atoms with Crippen molar-refractivity contribution in [2.24, 2.45) is 0 Å². The van der Waals surface area contributed by atoms with E-state index in [4.69, 9.17) is 18.6 Å². The summed E-state index contributed by atoms with van der Waals surface area (Å²) in [5.74, 6) is 0.0692. The molecule has 11 heteroatoms. The number of esters is 1. The lowest BCUT2D eigenvalue weighted by molar-refractivity contribution is -0.141. The number of methoxy groups -OCH3 is 1. The minimum atomic E-state index is -4.77. The zero-order valence-electron chi connectivity index (χ0n) is 22.0. The molecule has 7 nitrogen and oxygen atoms in total. The molecule has 4 aromatic rings. The van der Waals surface area contributed by atoms with Gasteiger partial charge in [-0.2, -0.15) is 13.2 Å². The van der Waals surface area contributed by atoms with E-state index >= 15 is 4.39 Å². The number of aryl methyl sites for hydroxylation is 1. The first-order chi connectivity index (χ1) is 19.6. The highest BCUT2D eigenvalue weighted by Crippen LogP contribution is 2.48. The number of halogens is 4. The normalized spacial score (nSPS) is 17.6. The predicted molar refractivity (Wildman–Crippen MR) is 138 cm³/mol. The van der Waals surface area contributed by atoms with E-state index in [-0.39, 0.29) is 52.9 Å². The Hall–Kier alpha value is -4.41. The predicted octanol–water partition coefficient (Wildman–Crippen LogP) is 6.98. The number of hydrogen-bond donors (Lipinski definition) is 0. The number of fused-ring (bicyclic) bond motifs is 2. The first kappa shape index (κ1) is 26.8. The first-order valence-electron chi connectivity index (χ1n) is 13.0. The summed E-state index contributed by atoms with van der Waals surface area (Å²) < 4.78 is 79.9. The maximum absolute atomic E-state index is 15.4. The minimum Gasteiger partial charge on any atom is -0.492 e.